The SMILES string of the molecule is CC(=O)c1cc(C#C[Si](C)(C)C)n(-c2ccc(C#N)cc2)c1C. The molecular weight excluding hydrogens is 300 g/mol. The Kier molecular flexibility index (Phi) is 4.59. The number of hydrogen-bond acceptors (Lipinski definition) is 2. The van der Waals surface area contributed by atoms with Gasteiger partial charge in [-0.25, -0.2) is 0 Å². The molecule has 0 fully saturated rings. The van der Waals surface area contributed by atoms with Crippen molar-refractivity contribution in [3.63, 3.8) is 0 Å². The number of Topliss-reactive ketones (excluding diaryl/α,β-unsaturated/α-hetero) is 1. The van der Waals surface area contributed by atoms with Crippen LogP contribution in [0.5, 0.6) is 0 Å². The minimum absolute atomic E-state index is 0.0333. The minimum atomic E-state index is -1.52. The number of carbonyl (C=O) groups excluding carboxylic acids is 1. The van der Waals surface area contributed by atoms with Crippen LogP contribution in [0.1, 0.15) is 34.2 Å². The van der Waals surface area contributed by atoms with E-state index in [4.69, 9.17) is 5.26 Å². The number of carbonyl (C=O) groups is 1. The maximum Gasteiger partial charge on any atom is 0.161 e. The molecule has 1 heterocycles. The van der Waals surface area contributed by atoms with Gasteiger partial charge in [-0.1, -0.05) is 25.6 Å². The van der Waals surface area contributed by atoms with Gasteiger partial charge in [0.25, 0.3) is 0 Å². The molecule has 116 valence electrons. The minimum Gasteiger partial charge on any atom is -0.307 e. The van der Waals surface area contributed by atoms with E-state index in [1.54, 1.807) is 19.1 Å². The molecular formula is C19H20N2OSi. The number of hydrogen-bond donors (Lipinski definition) is 0. The lowest BCUT2D eigenvalue weighted by Gasteiger charge is -2.10. The first-order valence-corrected chi connectivity index (χ1v) is 11.0. The molecule has 1 aromatic heterocycles. The van der Waals surface area contributed by atoms with Crippen molar-refractivity contribution in [2.75, 3.05) is 0 Å². The molecule has 0 atom stereocenters. The number of rotatable bonds is 2. The van der Waals surface area contributed by atoms with E-state index in [0.717, 1.165) is 17.1 Å². The van der Waals surface area contributed by atoms with Gasteiger partial charge in [-0.15, -0.1) is 5.54 Å². The van der Waals surface area contributed by atoms with Gasteiger partial charge in [0.1, 0.15) is 8.07 Å². The number of ketones is 1. The summed E-state index contributed by atoms with van der Waals surface area (Å²) in [5.74, 6) is 3.29. The molecule has 2 rings (SSSR count). The standard InChI is InChI=1S/C19H20N2OSi/c1-14-19(15(2)22)12-18(10-11-23(3,4)5)21(14)17-8-6-16(13-20)7-9-17/h6-9,12H,1-5H3. The molecule has 0 bridgehead atoms. The van der Waals surface area contributed by atoms with E-state index in [0.29, 0.717) is 11.1 Å². The topological polar surface area (TPSA) is 45.8 Å². The molecule has 1 aromatic carbocycles. The van der Waals surface area contributed by atoms with Crippen LogP contribution >= 0.6 is 0 Å². The van der Waals surface area contributed by atoms with Gasteiger partial charge < -0.3 is 4.57 Å². The zero-order valence-electron chi connectivity index (χ0n) is 14.2. The van der Waals surface area contributed by atoms with E-state index < -0.39 is 8.07 Å². The molecule has 0 amide bonds. The summed E-state index contributed by atoms with van der Waals surface area (Å²) in [6, 6.07) is 11.3. The van der Waals surface area contributed by atoms with Crippen LogP contribution in [0, 0.1) is 29.7 Å². The molecule has 0 aliphatic rings. The summed E-state index contributed by atoms with van der Waals surface area (Å²) in [6.45, 7) is 10.1. The summed E-state index contributed by atoms with van der Waals surface area (Å²) in [6.07, 6.45) is 0. The van der Waals surface area contributed by atoms with Gasteiger partial charge in [0.15, 0.2) is 5.78 Å². The van der Waals surface area contributed by atoms with E-state index >= 15 is 0 Å². The number of aromatic nitrogens is 1. The molecule has 0 aliphatic carbocycles. The average Bonchev–Trinajstić information content (AvgIpc) is 2.81. The quantitative estimate of drug-likeness (QED) is 0.475. The molecule has 0 radical (unpaired) electrons. The van der Waals surface area contributed by atoms with Crippen LogP contribution in [-0.4, -0.2) is 18.4 Å². The summed E-state index contributed by atoms with van der Waals surface area (Å²) in [7, 11) is -1.52. The molecule has 3 nitrogen and oxygen atoms in total. The van der Waals surface area contributed by atoms with Gasteiger partial charge in [0, 0.05) is 16.9 Å². The van der Waals surface area contributed by atoms with Gasteiger partial charge >= 0.3 is 0 Å². The van der Waals surface area contributed by atoms with Crippen molar-refractivity contribution in [3.05, 3.63) is 52.8 Å². The van der Waals surface area contributed by atoms with Crippen molar-refractivity contribution >= 4 is 13.9 Å². The Morgan fingerprint density at radius 1 is 1.17 bits per heavy atom. The molecule has 0 unspecified atom stereocenters. The second-order valence-electron chi connectivity index (χ2n) is 6.58. The zero-order chi connectivity index (χ0) is 17.2. The van der Waals surface area contributed by atoms with Crippen molar-refractivity contribution in [1.29, 1.82) is 5.26 Å². The Morgan fingerprint density at radius 2 is 1.78 bits per heavy atom. The molecule has 2 aromatic rings. The fourth-order valence-corrected chi connectivity index (χ4v) is 2.83. The van der Waals surface area contributed by atoms with E-state index in [1.807, 2.05) is 29.7 Å². The molecule has 0 spiro atoms. The van der Waals surface area contributed by atoms with Crippen molar-refractivity contribution in [3.8, 4) is 23.2 Å². The van der Waals surface area contributed by atoms with Crippen molar-refractivity contribution in [2.45, 2.75) is 33.5 Å². The number of nitrogens with zero attached hydrogens (tertiary/aromatic N) is 2. The van der Waals surface area contributed by atoms with Crippen LogP contribution in [0.3, 0.4) is 0 Å². The molecule has 0 aliphatic heterocycles. The lowest BCUT2D eigenvalue weighted by Crippen LogP contribution is -2.16. The molecule has 0 saturated heterocycles. The van der Waals surface area contributed by atoms with Crippen molar-refractivity contribution in [1.82, 2.24) is 4.57 Å². The highest BCUT2D eigenvalue weighted by Crippen LogP contribution is 2.22. The van der Waals surface area contributed by atoms with Crippen LogP contribution in [-0.2, 0) is 0 Å². The second kappa shape index (κ2) is 6.28. The molecule has 4 heteroatoms. The van der Waals surface area contributed by atoms with Crippen LogP contribution in [0.2, 0.25) is 19.6 Å². The van der Waals surface area contributed by atoms with E-state index in [2.05, 4.69) is 37.2 Å². The largest absolute Gasteiger partial charge is 0.307 e. The Bertz CT molecular complexity index is 850. The molecule has 0 N–H and O–H groups in total. The third-order valence-electron chi connectivity index (χ3n) is 3.45. The lowest BCUT2D eigenvalue weighted by atomic mass is 10.2. The highest BCUT2D eigenvalue weighted by atomic mass is 28.3. The van der Waals surface area contributed by atoms with Gasteiger partial charge in [0.2, 0.25) is 0 Å². The monoisotopic (exact) mass is 320 g/mol. The first-order valence-electron chi connectivity index (χ1n) is 7.50. The van der Waals surface area contributed by atoms with E-state index in [1.165, 1.54) is 0 Å². The van der Waals surface area contributed by atoms with Crippen LogP contribution in [0.15, 0.2) is 30.3 Å². The third kappa shape index (κ3) is 3.80. The van der Waals surface area contributed by atoms with E-state index in [-0.39, 0.29) is 5.78 Å². The smallest absolute Gasteiger partial charge is 0.161 e. The van der Waals surface area contributed by atoms with Gasteiger partial charge in [0.05, 0.1) is 17.3 Å². The second-order valence-corrected chi connectivity index (χ2v) is 11.3. The summed E-state index contributed by atoms with van der Waals surface area (Å²) < 4.78 is 1.99. The fraction of sp³-hybridized carbons (Fsp3) is 0.263. The Balaban J connectivity index is 2.66. The fourth-order valence-electron chi connectivity index (χ4n) is 2.32. The zero-order valence-corrected chi connectivity index (χ0v) is 15.2. The normalized spacial score (nSPS) is 10.6. The van der Waals surface area contributed by atoms with E-state index in [9.17, 15) is 4.79 Å². The average molecular weight is 320 g/mol. The summed E-state index contributed by atoms with van der Waals surface area (Å²) in [5, 5.41) is 8.94. The Morgan fingerprint density at radius 3 is 2.26 bits per heavy atom. The van der Waals surface area contributed by atoms with Crippen molar-refractivity contribution < 1.29 is 4.79 Å². The number of nitriles is 1. The Hall–Kier alpha value is -2.56. The highest BCUT2D eigenvalue weighted by molar-refractivity contribution is 6.83. The maximum absolute atomic E-state index is 11.9. The summed E-state index contributed by atoms with van der Waals surface area (Å²) in [4.78, 5) is 11.9. The summed E-state index contributed by atoms with van der Waals surface area (Å²) >= 11 is 0. The first-order chi connectivity index (χ1) is 10.7. The Labute approximate surface area is 138 Å². The van der Waals surface area contributed by atoms with Crippen LogP contribution < -0.4 is 0 Å². The predicted molar refractivity (Wildman–Crippen MR) is 95.4 cm³/mol. The third-order valence-corrected chi connectivity index (χ3v) is 4.32. The van der Waals surface area contributed by atoms with Gasteiger partial charge in [-0.2, -0.15) is 5.26 Å². The molecule has 23 heavy (non-hydrogen) atoms. The predicted octanol–water partition coefficient (Wildman–Crippen LogP) is 4.09. The molecule has 0 saturated carbocycles. The van der Waals surface area contributed by atoms with Crippen LogP contribution in [0.25, 0.3) is 5.69 Å². The summed E-state index contributed by atoms with van der Waals surface area (Å²) in [5.41, 5.74) is 7.26. The van der Waals surface area contributed by atoms with Crippen LogP contribution in [0.4, 0.5) is 0 Å². The van der Waals surface area contributed by atoms with Gasteiger partial charge in [-0.05, 0) is 44.2 Å². The highest BCUT2D eigenvalue weighted by Gasteiger charge is 2.16. The lowest BCUT2D eigenvalue weighted by molar-refractivity contribution is 0.101. The first kappa shape index (κ1) is 16.8. The van der Waals surface area contributed by atoms with Crippen molar-refractivity contribution in [2.24, 2.45) is 0 Å². The maximum atomic E-state index is 11.9. The van der Waals surface area contributed by atoms with Gasteiger partial charge in [-0.3, -0.25) is 4.79 Å². The number of benzene rings is 1.